The van der Waals surface area contributed by atoms with Crippen LogP contribution < -0.4 is 14.4 Å². The summed E-state index contributed by atoms with van der Waals surface area (Å²) in [5.74, 6) is 3.59. The topological polar surface area (TPSA) is 26.6 Å². The predicted octanol–water partition coefficient (Wildman–Crippen LogP) is 18.5. The molecule has 0 bridgehead atoms. The molecule has 17 rings (SSSR count). The van der Waals surface area contributed by atoms with Gasteiger partial charge in [-0.15, -0.1) is 0 Å². The highest BCUT2D eigenvalue weighted by Gasteiger charge is 2.54. The number of hydrogen-bond acceptors (Lipinski definition) is 3. The Morgan fingerprint density at radius 2 is 0.924 bits per heavy atom. The Bertz CT molecular complexity index is 4520. The number of allylic oxidation sites excluding steroid dienone is 2. The number of aromatic nitrogens is 1. The molecule has 4 nitrogen and oxygen atoms in total. The van der Waals surface area contributed by atoms with E-state index >= 15 is 0 Å². The van der Waals surface area contributed by atoms with Gasteiger partial charge in [0.25, 0.3) is 0 Å². The highest BCUT2D eigenvalue weighted by atomic mass is 16.5. The summed E-state index contributed by atoms with van der Waals surface area (Å²) in [7, 11) is 0. The lowest BCUT2D eigenvalue weighted by molar-refractivity contribution is 0.436. The summed E-state index contributed by atoms with van der Waals surface area (Å²) >= 11 is 0. The fourth-order valence-electron chi connectivity index (χ4n) is 15.0. The van der Waals surface area contributed by atoms with Gasteiger partial charge in [-0.2, -0.15) is 0 Å². The first kappa shape index (κ1) is 44.2. The van der Waals surface area contributed by atoms with Crippen LogP contribution in [0.15, 0.2) is 273 Å². The summed E-state index contributed by atoms with van der Waals surface area (Å²) in [5.41, 5.74) is 21.7. The molecular formula is C75H50N2O2. The number of hydrogen-bond donors (Lipinski definition) is 0. The van der Waals surface area contributed by atoms with E-state index in [1.807, 2.05) is 0 Å². The van der Waals surface area contributed by atoms with E-state index in [-0.39, 0.29) is 12.0 Å². The SMILES string of the molecule is CC1C(c2ccc3c4ccccc4n(-c4ccccc4)c3c2)=CC=CC1N(c1ccc2c(c1)-c1ccccc1C21c2ccccc2Oc2ccccc21)c1cccc2c1-c1ccccc1C21c2ccccc2Oc2ccccc21. The van der Waals surface area contributed by atoms with Crippen LogP contribution in [0.25, 0.3) is 55.3 Å². The van der Waals surface area contributed by atoms with E-state index in [0.717, 1.165) is 62.3 Å². The van der Waals surface area contributed by atoms with E-state index in [1.165, 1.54) is 77.5 Å². The lowest BCUT2D eigenvalue weighted by atomic mass is 9.66. The zero-order chi connectivity index (χ0) is 52.0. The Balaban J connectivity index is 0.908. The van der Waals surface area contributed by atoms with Crippen LogP contribution in [0.4, 0.5) is 11.4 Å². The third kappa shape index (κ3) is 5.87. The third-order valence-electron chi connectivity index (χ3n) is 18.1. The number of ether oxygens (including phenoxy) is 2. The molecule has 79 heavy (non-hydrogen) atoms. The summed E-state index contributed by atoms with van der Waals surface area (Å²) < 4.78 is 16.0. The van der Waals surface area contributed by atoms with E-state index < -0.39 is 10.8 Å². The van der Waals surface area contributed by atoms with Gasteiger partial charge in [-0.3, -0.25) is 0 Å². The van der Waals surface area contributed by atoms with Crippen LogP contribution in [0.5, 0.6) is 23.0 Å². The van der Waals surface area contributed by atoms with Crippen molar-refractivity contribution in [3.05, 3.63) is 323 Å². The molecule has 3 heterocycles. The van der Waals surface area contributed by atoms with E-state index in [0.29, 0.717) is 0 Å². The van der Waals surface area contributed by atoms with Crippen LogP contribution >= 0.6 is 0 Å². The number of fused-ring (bicyclic) bond motifs is 21. The third-order valence-corrected chi connectivity index (χ3v) is 18.1. The van der Waals surface area contributed by atoms with Crippen molar-refractivity contribution in [2.75, 3.05) is 4.90 Å². The van der Waals surface area contributed by atoms with Gasteiger partial charge in [-0.25, -0.2) is 0 Å². The van der Waals surface area contributed by atoms with Gasteiger partial charge in [-0.05, 0) is 117 Å². The Labute approximate surface area is 459 Å². The minimum absolute atomic E-state index is 0.0455. The van der Waals surface area contributed by atoms with Crippen molar-refractivity contribution in [3.63, 3.8) is 0 Å². The smallest absolute Gasteiger partial charge is 0.132 e. The molecule has 5 aliphatic rings. The molecule has 12 aromatic rings. The van der Waals surface area contributed by atoms with Crippen LogP contribution in [-0.4, -0.2) is 10.6 Å². The van der Waals surface area contributed by atoms with Gasteiger partial charge in [-0.1, -0.05) is 213 Å². The Morgan fingerprint density at radius 3 is 1.59 bits per heavy atom. The van der Waals surface area contributed by atoms with E-state index in [1.54, 1.807) is 0 Å². The zero-order valence-corrected chi connectivity index (χ0v) is 43.3. The fourth-order valence-corrected chi connectivity index (χ4v) is 15.0. The molecule has 3 aliphatic carbocycles. The molecule has 2 spiro atoms. The average molecular weight is 1010 g/mol. The largest absolute Gasteiger partial charge is 0.457 e. The molecule has 0 saturated heterocycles. The van der Waals surface area contributed by atoms with Crippen LogP contribution in [0.2, 0.25) is 0 Å². The second-order valence-corrected chi connectivity index (χ2v) is 21.8. The van der Waals surface area contributed by atoms with Crippen molar-refractivity contribution in [1.82, 2.24) is 4.57 Å². The highest BCUT2D eigenvalue weighted by molar-refractivity contribution is 6.10. The van der Waals surface area contributed by atoms with Gasteiger partial charge in [0.1, 0.15) is 23.0 Å². The van der Waals surface area contributed by atoms with Crippen LogP contribution in [0.3, 0.4) is 0 Å². The minimum atomic E-state index is -0.627. The van der Waals surface area contributed by atoms with Crippen LogP contribution in [0, 0.1) is 5.92 Å². The van der Waals surface area contributed by atoms with Crippen molar-refractivity contribution >= 4 is 38.8 Å². The monoisotopic (exact) mass is 1010 g/mol. The van der Waals surface area contributed by atoms with E-state index in [9.17, 15) is 0 Å². The zero-order valence-electron chi connectivity index (χ0n) is 43.3. The quantitative estimate of drug-likeness (QED) is 0.172. The maximum Gasteiger partial charge on any atom is 0.132 e. The molecular weight excluding hydrogens is 961 g/mol. The van der Waals surface area contributed by atoms with Gasteiger partial charge in [0.05, 0.1) is 27.9 Å². The minimum Gasteiger partial charge on any atom is -0.457 e. The molecule has 372 valence electrons. The number of anilines is 2. The molecule has 0 amide bonds. The van der Waals surface area contributed by atoms with Gasteiger partial charge >= 0.3 is 0 Å². The number of para-hydroxylation sites is 6. The van der Waals surface area contributed by atoms with Crippen LogP contribution in [0.1, 0.15) is 57.0 Å². The number of rotatable bonds is 5. The Hall–Kier alpha value is -9.90. The van der Waals surface area contributed by atoms with E-state index in [4.69, 9.17) is 9.47 Å². The Morgan fingerprint density at radius 1 is 0.405 bits per heavy atom. The molecule has 11 aromatic carbocycles. The maximum atomic E-state index is 6.81. The van der Waals surface area contributed by atoms with Crippen molar-refractivity contribution in [3.8, 4) is 50.9 Å². The summed E-state index contributed by atoms with van der Waals surface area (Å²) in [6.07, 6.45) is 7.10. The molecule has 2 unspecified atom stereocenters. The maximum absolute atomic E-state index is 6.81. The standard InChI is InChI=1S/C75H50N2O2/c1-47-51(48-41-43-54-53-24-7-14-34-66(53)76(68(54)45-48)49-21-3-2-4-22-49)26-19-35-65(47)77(50-42-44-59-56(46-50)52-23-5-8-27-57(52)74(59)60-29-10-15-37-69(60)78-70-38-16-11-30-61(70)74)67-36-20-33-64-73(67)55-25-6-9-28-58(55)75(64)62-31-12-17-39-71(62)79-72-40-18-13-32-63(72)75/h2-47,65H,1H3. The number of benzene rings is 11. The molecule has 2 aliphatic heterocycles. The summed E-state index contributed by atoms with van der Waals surface area (Å²) in [6, 6.07) is 93.8. The van der Waals surface area contributed by atoms with Crippen molar-refractivity contribution in [1.29, 1.82) is 0 Å². The van der Waals surface area contributed by atoms with Crippen molar-refractivity contribution < 1.29 is 9.47 Å². The van der Waals surface area contributed by atoms with Gasteiger partial charge < -0.3 is 18.9 Å². The molecule has 0 radical (unpaired) electrons. The summed E-state index contributed by atoms with van der Waals surface area (Å²) in [6.45, 7) is 2.43. The lowest BCUT2D eigenvalue weighted by Gasteiger charge is -2.41. The van der Waals surface area contributed by atoms with Gasteiger partial charge in [0, 0.05) is 61.6 Å². The first-order chi connectivity index (χ1) is 39.1. The second kappa shape index (κ2) is 16.6. The normalized spacial score (nSPS) is 16.8. The van der Waals surface area contributed by atoms with Gasteiger partial charge in [0.15, 0.2) is 0 Å². The average Bonchev–Trinajstić information content (AvgIpc) is 4.17. The number of nitrogens with zero attached hydrogens (tertiary/aromatic N) is 2. The molecule has 1 aromatic heterocycles. The van der Waals surface area contributed by atoms with Gasteiger partial charge in [0.2, 0.25) is 0 Å². The van der Waals surface area contributed by atoms with Crippen molar-refractivity contribution in [2.24, 2.45) is 5.92 Å². The first-order valence-electron chi connectivity index (χ1n) is 27.6. The highest BCUT2D eigenvalue weighted by Crippen LogP contribution is 2.66. The first-order valence-corrected chi connectivity index (χ1v) is 27.6. The van der Waals surface area contributed by atoms with E-state index in [2.05, 4.69) is 289 Å². The Kier molecular flexibility index (Phi) is 9.27. The molecule has 2 atom stereocenters. The lowest BCUT2D eigenvalue weighted by Crippen LogP contribution is -2.37. The summed E-state index contributed by atoms with van der Waals surface area (Å²) in [4.78, 5) is 2.68. The fraction of sp³-hybridized carbons (Fsp3) is 0.0667. The molecule has 4 heteroatoms. The predicted molar refractivity (Wildman–Crippen MR) is 321 cm³/mol. The molecule has 0 N–H and O–H groups in total. The van der Waals surface area contributed by atoms with Crippen LogP contribution in [-0.2, 0) is 10.8 Å². The second-order valence-electron chi connectivity index (χ2n) is 21.8. The van der Waals surface area contributed by atoms with Crippen molar-refractivity contribution in [2.45, 2.75) is 23.8 Å². The molecule has 0 saturated carbocycles. The summed E-state index contributed by atoms with van der Waals surface area (Å²) in [5, 5.41) is 2.50. The molecule has 0 fully saturated rings.